The molecule has 2 aromatic rings. The minimum Gasteiger partial charge on any atom is -0.480 e. The molecule has 5 N–H and O–H groups in total. The number of hydrogen-bond acceptors (Lipinski definition) is 5. The van der Waals surface area contributed by atoms with Crippen molar-refractivity contribution in [2.45, 2.75) is 57.8 Å². The van der Waals surface area contributed by atoms with Gasteiger partial charge in [-0.05, 0) is 32.4 Å². The van der Waals surface area contributed by atoms with Crippen molar-refractivity contribution in [1.82, 2.24) is 15.2 Å². The first kappa shape index (κ1) is 22.1. The maximum absolute atomic E-state index is 13.2. The van der Waals surface area contributed by atoms with E-state index in [1.165, 1.54) is 0 Å². The van der Waals surface area contributed by atoms with Crippen LogP contribution >= 0.6 is 0 Å². The maximum atomic E-state index is 13.2. The number of H-pyrrole nitrogens is 1. The van der Waals surface area contributed by atoms with Gasteiger partial charge in [0.15, 0.2) is 0 Å². The molecule has 0 spiro atoms. The molecule has 0 fully saturated rings. The fourth-order valence-electron chi connectivity index (χ4n) is 3.71. The number of fused-ring (bicyclic) bond motifs is 3. The molecule has 3 amide bonds. The Kier molecular flexibility index (Phi) is 5.92. The molecule has 10 nitrogen and oxygen atoms in total. The Morgan fingerprint density at radius 2 is 1.97 bits per heavy atom. The Balaban J connectivity index is 1.90. The molecule has 1 aromatic carbocycles. The monoisotopic (exact) mass is 430 g/mol. The summed E-state index contributed by atoms with van der Waals surface area (Å²) in [4.78, 5) is 53.3. The van der Waals surface area contributed by atoms with Crippen LogP contribution in [-0.4, -0.2) is 56.6 Å². The number of carboxylic acid groups (broad SMARTS) is 1. The van der Waals surface area contributed by atoms with Crippen LogP contribution in [0, 0.1) is 0 Å². The van der Waals surface area contributed by atoms with Crippen molar-refractivity contribution >= 4 is 34.8 Å². The van der Waals surface area contributed by atoms with Crippen molar-refractivity contribution in [1.29, 1.82) is 0 Å². The van der Waals surface area contributed by atoms with Crippen LogP contribution in [-0.2, 0) is 32.1 Å². The molecule has 1 aromatic heterocycles. The highest BCUT2D eigenvalue weighted by atomic mass is 16.6. The summed E-state index contributed by atoms with van der Waals surface area (Å²) < 4.78 is 5.16. The van der Waals surface area contributed by atoms with E-state index >= 15 is 0 Å². The van der Waals surface area contributed by atoms with Gasteiger partial charge in [-0.1, -0.05) is 18.2 Å². The minimum atomic E-state index is -1.35. The molecule has 10 heteroatoms. The van der Waals surface area contributed by atoms with Gasteiger partial charge in [0.05, 0.1) is 13.0 Å². The van der Waals surface area contributed by atoms with Gasteiger partial charge in [0.25, 0.3) is 0 Å². The third-order valence-electron chi connectivity index (χ3n) is 4.97. The fraction of sp³-hybridized carbons (Fsp3) is 0.429. The molecule has 2 heterocycles. The van der Waals surface area contributed by atoms with E-state index in [0.29, 0.717) is 5.69 Å². The minimum absolute atomic E-state index is 0.00886. The average molecular weight is 430 g/mol. The molecule has 166 valence electrons. The second-order valence-corrected chi connectivity index (χ2v) is 8.52. The zero-order valence-corrected chi connectivity index (χ0v) is 17.6. The van der Waals surface area contributed by atoms with Crippen molar-refractivity contribution in [3.8, 4) is 0 Å². The third-order valence-corrected chi connectivity index (χ3v) is 4.97. The smallest absolute Gasteiger partial charge is 0.408 e. The molecular weight excluding hydrogens is 404 g/mol. The zero-order valence-electron chi connectivity index (χ0n) is 17.6. The van der Waals surface area contributed by atoms with Crippen LogP contribution in [0.1, 0.15) is 38.4 Å². The number of aromatic amines is 1. The van der Waals surface area contributed by atoms with Gasteiger partial charge >= 0.3 is 12.1 Å². The SMILES string of the molecule is CC(C)(C)OC(=O)N[C@@H](CC(N)=O)C(=O)N1Cc2[nH]c3ccccc3c2C[C@H]1C(=O)O. The largest absolute Gasteiger partial charge is 0.480 e. The summed E-state index contributed by atoms with van der Waals surface area (Å²) in [5, 5.41) is 13.0. The zero-order chi connectivity index (χ0) is 22.9. The first-order chi connectivity index (χ1) is 14.5. The molecule has 3 rings (SSSR count). The van der Waals surface area contributed by atoms with E-state index in [4.69, 9.17) is 10.5 Å². The number of nitrogens with zero attached hydrogens (tertiary/aromatic N) is 1. The highest BCUT2D eigenvalue weighted by molar-refractivity contribution is 5.94. The number of primary amides is 1. The van der Waals surface area contributed by atoms with Crippen LogP contribution in [0.5, 0.6) is 0 Å². The van der Waals surface area contributed by atoms with E-state index in [1.54, 1.807) is 20.8 Å². The van der Waals surface area contributed by atoms with E-state index in [1.807, 2.05) is 24.3 Å². The van der Waals surface area contributed by atoms with Crippen LogP contribution in [0.2, 0.25) is 0 Å². The van der Waals surface area contributed by atoms with Gasteiger partial charge < -0.3 is 30.8 Å². The summed E-state index contributed by atoms with van der Waals surface area (Å²) in [6.45, 7) is 4.95. The molecule has 0 saturated carbocycles. The summed E-state index contributed by atoms with van der Waals surface area (Å²) >= 11 is 0. The highest BCUT2D eigenvalue weighted by Crippen LogP contribution is 2.31. The van der Waals surface area contributed by atoms with Crippen molar-refractivity contribution in [2.75, 3.05) is 0 Å². The first-order valence-electron chi connectivity index (χ1n) is 9.86. The number of carbonyl (C=O) groups is 4. The molecule has 31 heavy (non-hydrogen) atoms. The lowest BCUT2D eigenvalue weighted by Gasteiger charge is -2.35. The number of alkyl carbamates (subject to hydrolysis) is 1. The van der Waals surface area contributed by atoms with Crippen LogP contribution < -0.4 is 11.1 Å². The van der Waals surface area contributed by atoms with Gasteiger partial charge in [-0.15, -0.1) is 0 Å². The second kappa shape index (κ2) is 8.29. The molecule has 0 aliphatic carbocycles. The topological polar surface area (TPSA) is 155 Å². The Morgan fingerprint density at radius 3 is 2.58 bits per heavy atom. The van der Waals surface area contributed by atoms with Crippen LogP contribution in [0.4, 0.5) is 4.79 Å². The van der Waals surface area contributed by atoms with Crippen molar-refractivity contribution in [2.24, 2.45) is 5.73 Å². The van der Waals surface area contributed by atoms with Crippen molar-refractivity contribution < 1.29 is 29.0 Å². The molecule has 1 aliphatic rings. The number of carboxylic acids is 1. The molecule has 2 atom stereocenters. The van der Waals surface area contributed by atoms with Gasteiger partial charge in [-0.2, -0.15) is 0 Å². The Labute approximate surface area is 178 Å². The van der Waals surface area contributed by atoms with Crippen molar-refractivity contribution in [3.63, 3.8) is 0 Å². The molecule has 0 saturated heterocycles. The summed E-state index contributed by atoms with van der Waals surface area (Å²) in [6.07, 6.45) is -1.29. The second-order valence-electron chi connectivity index (χ2n) is 8.52. The van der Waals surface area contributed by atoms with E-state index in [0.717, 1.165) is 21.4 Å². The highest BCUT2D eigenvalue weighted by Gasteiger charge is 2.40. The number of aromatic nitrogens is 1. The van der Waals surface area contributed by atoms with Gasteiger partial charge in [0.1, 0.15) is 17.7 Å². The summed E-state index contributed by atoms with van der Waals surface area (Å²) in [7, 11) is 0. The Hall–Kier alpha value is -3.56. The van der Waals surface area contributed by atoms with Crippen LogP contribution in [0.25, 0.3) is 10.9 Å². The number of para-hydroxylation sites is 1. The predicted molar refractivity (Wildman–Crippen MR) is 111 cm³/mol. The van der Waals surface area contributed by atoms with Gasteiger partial charge in [0.2, 0.25) is 11.8 Å². The summed E-state index contributed by atoms with van der Waals surface area (Å²) in [6, 6.07) is 4.97. The summed E-state index contributed by atoms with van der Waals surface area (Å²) in [5.74, 6) is -2.72. The van der Waals surface area contributed by atoms with E-state index in [-0.39, 0.29) is 13.0 Å². The number of rotatable bonds is 5. The number of hydrogen-bond donors (Lipinski definition) is 4. The number of aliphatic carboxylic acids is 1. The number of nitrogens with two attached hydrogens (primary N) is 1. The van der Waals surface area contributed by atoms with E-state index in [9.17, 15) is 24.3 Å². The number of benzene rings is 1. The number of carbonyl (C=O) groups excluding carboxylic acids is 3. The number of ether oxygens (including phenoxy) is 1. The van der Waals surface area contributed by atoms with E-state index in [2.05, 4.69) is 10.3 Å². The molecule has 1 aliphatic heterocycles. The van der Waals surface area contributed by atoms with Gasteiger partial charge in [-0.3, -0.25) is 9.59 Å². The molecule has 0 unspecified atom stereocenters. The average Bonchev–Trinajstić information content (AvgIpc) is 3.01. The number of amides is 3. The normalized spacial score (nSPS) is 17.0. The molecule has 0 bridgehead atoms. The quantitative estimate of drug-likeness (QED) is 0.560. The van der Waals surface area contributed by atoms with E-state index < -0.39 is 48.0 Å². The Morgan fingerprint density at radius 1 is 1.29 bits per heavy atom. The molecule has 0 radical (unpaired) electrons. The van der Waals surface area contributed by atoms with Crippen molar-refractivity contribution in [3.05, 3.63) is 35.5 Å². The first-order valence-corrected chi connectivity index (χ1v) is 9.86. The standard InChI is InChI=1S/C21H26N4O6/c1-21(2,3)31-20(30)24-14(9-17(22)26)18(27)25-10-15-12(8-16(25)19(28)29)11-6-4-5-7-13(11)23-15/h4-7,14,16,23H,8-10H2,1-3H3,(H2,22,26)(H,24,30)(H,28,29)/t14-,16-/m0/s1. The third kappa shape index (κ3) is 4.96. The fourth-order valence-corrected chi connectivity index (χ4v) is 3.71. The predicted octanol–water partition coefficient (Wildman–Crippen LogP) is 1.27. The lowest BCUT2D eigenvalue weighted by atomic mass is 9.95. The Bertz CT molecular complexity index is 1040. The van der Waals surface area contributed by atoms with Crippen LogP contribution in [0.15, 0.2) is 24.3 Å². The van der Waals surface area contributed by atoms with Gasteiger partial charge in [-0.25, -0.2) is 9.59 Å². The van der Waals surface area contributed by atoms with Gasteiger partial charge in [0, 0.05) is 23.0 Å². The summed E-state index contributed by atoms with van der Waals surface area (Å²) in [5.41, 5.74) is 6.82. The molecular formula is C21H26N4O6. The maximum Gasteiger partial charge on any atom is 0.408 e. The van der Waals surface area contributed by atoms with Crippen LogP contribution in [0.3, 0.4) is 0 Å². The lowest BCUT2D eigenvalue weighted by molar-refractivity contribution is -0.152. The number of nitrogens with one attached hydrogen (secondary N) is 2. The lowest BCUT2D eigenvalue weighted by Crippen LogP contribution is -2.56.